The van der Waals surface area contributed by atoms with Gasteiger partial charge in [-0.1, -0.05) is 12.1 Å². The molecule has 136 valence electrons. The molecule has 1 aromatic heterocycles. The molecule has 0 saturated carbocycles. The number of nitrogens with one attached hydrogen (secondary N) is 1. The van der Waals surface area contributed by atoms with E-state index >= 15 is 0 Å². The van der Waals surface area contributed by atoms with Crippen LogP contribution in [0.1, 0.15) is 33.8 Å². The van der Waals surface area contributed by atoms with Crippen molar-refractivity contribution < 1.29 is 19.4 Å². The van der Waals surface area contributed by atoms with Crippen LogP contribution in [0.2, 0.25) is 0 Å². The highest BCUT2D eigenvalue weighted by atomic mass is 16.5. The second-order valence-electron chi connectivity index (χ2n) is 6.29. The number of hydrogen-bond donors (Lipinski definition) is 2. The number of hydrogen-bond acceptors (Lipinski definition) is 4. The first-order chi connectivity index (χ1) is 13.1. The molecule has 0 saturated heterocycles. The number of anilines is 1. The highest BCUT2D eigenvalue weighted by molar-refractivity contribution is 5.94. The Morgan fingerprint density at radius 3 is 2.52 bits per heavy atom. The zero-order chi connectivity index (χ0) is 19.0. The van der Waals surface area contributed by atoms with Gasteiger partial charge in [0, 0.05) is 17.9 Å². The molecular formula is C20H17N3O4. The quantitative estimate of drug-likeness (QED) is 0.743. The van der Waals surface area contributed by atoms with E-state index in [9.17, 15) is 9.59 Å². The number of amides is 1. The molecule has 27 heavy (non-hydrogen) atoms. The highest BCUT2D eigenvalue weighted by Crippen LogP contribution is 2.38. The Kier molecular flexibility index (Phi) is 4.12. The maximum atomic E-state index is 12.3. The van der Waals surface area contributed by atoms with Gasteiger partial charge in [0.25, 0.3) is 0 Å². The lowest BCUT2D eigenvalue weighted by molar-refractivity contribution is -0.116. The predicted molar refractivity (Wildman–Crippen MR) is 98.6 cm³/mol. The lowest BCUT2D eigenvalue weighted by Gasteiger charge is -2.24. The van der Waals surface area contributed by atoms with E-state index in [1.165, 1.54) is 0 Å². The third-order valence-corrected chi connectivity index (χ3v) is 4.70. The Labute approximate surface area is 155 Å². The van der Waals surface area contributed by atoms with Crippen LogP contribution >= 0.6 is 0 Å². The van der Waals surface area contributed by atoms with Crippen LogP contribution in [-0.2, 0) is 4.79 Å². The van der Waals surface area contributed by atoms with Crippen molar-refractivity contribution in [1.82, 2.24) is 9.78 Å². The maximum Gasteiger partial charge on any atom is 0.335 e. The van der Waals surface area contributed by atoms with E-state index in [1.54, 1.807) is 42.3 Å². The minimum Gasteiger partial charge on any atom is -0.497 e. The molecular weight excluding hydrogens is 346 g/mol. The second kappa shape index (κ2) is 6.60. The number of rotatable bonds is 4. The summed E-state index contributed by atoms with van der Waals surface area (Å²) in [6.45, 7) is 0. The monoisotopic (exact) mass is 363 g/mol. The Bertz CT molecular complexity index is 1010. The highest BCUT2D eigenvalue weighted by Gasteiger charge is 2.30. The van der Waals surface area contributed by atoms with E-state index in [0.29, 0.717) is 5.82 Å². The number of nitrogens with zero attached hydrogens (tertiary/aromatic N) is 2. The molecule has 3 aromatic rings. The van der Waals surface area contributed by atoms with Crippen molar-refractivity contribution in [3.63, 3.8) is 0 Å². The van der Waals surface area contributed by atoms with Crippen LogP contribution in [-0.4, -0.2) is 33.9 Å². The second-order valence-corrected chi connectivity index (χ2v) is 6.29. The number of methoxy groups -OCH3 is 1. The fraction of sp³-hybridized carbons (Fsp3) is 0.150. The summed E-state index contributed by atoms with van der Waals surface area (Å²) in [5.41, 5.74) is 2.80. The molecule has 7 nitrogen and oxygen atoms in total. The minimum absolute atomic E-state index is 0.106. The molecule has 0 bridgehead atoms. The minimum atomic E-state index is -0.976. The van der Waals surface area contributed by atoms with Gasteiger partial charge in [-0.2, -0.15) is 5.10 Å². The Hall–Kier alpha value is -3.61. The van der Waals surface area contributed by atoms with Crippen molar-refractivity contribution in [3.05, 3.63) is 71.4 Å². The lowest BCUT2D eigenvalue weighted by Crippen LogP contribution is -2.24. The van der Waals surface area contributed by atoms with E-state index in [0.717, 1.165) is 22.6 Å². The van der Waals surface area contributed by atoms with Gasteiger partial charge in [0.2, 0.25) is 5.91 Å². The zero-order valence-electron chi connectivity index (χ0n) is 14.5. The fourth-order valence-electron chi connectivity index (χ4n) is 3.29. The molecule has 1 unspecified atom stereocenters. The fourth-order valence-corrected chi connectivity index (χ4v) is 3.29. The van der Waals surface area contributed by atoms with Gasteiger partial charge in [-0.25, -0.2) is 9.48 Å². The van der Waals surface area contributed by atoms with E-state index in [4.69, 9.17) is 9.84 Å². The van der Waals surface area contributed by atoms with E-state index < -0.39 is 5.97 Å². The van der Waals surface area contributed by atoms with E-state index in [1.807, 2.05) is 24.3 Å². The molecule has 1 atom stereocenters. The third kappa shape index (κ3) is 3.03. The number of carboxylic acids is 1. The van der Waals surface area contributed by atoms with E-state index in [-0.39, 0.29) is 23.8 Å². The molecule has 0 aliphatic carbocycles. The van der Waals surface area contributed by atoms with Crippen molar-refractivity contribution in [3.8, 4) is 11.4 Å². The number of carbonyl (C=O) groups is 2. The Morgan fingerprint density at radius 1 is 1.19 bits per heavy atom. The van der Waals surface area contributed by atoms with Crippen LogP contribution in [0.4, 0.5) is 5.82 Å². The number of ether oxygens (including phenoxy) is 1. The van der Waals surface area contributed by atoms with Crippen LogP contribution < -0.4 is 10.1 Å². The van der Waals surface area contributed by atoms with E-state index in [2.05, 4.69) is 10.4 Å². The molecule has 2 heterocycles. The lowest BCUT2D eigenvalue weighted by atomic mass is 9.87. The average Bonchev–Trinajstić information content (AvgIpc) is 3.11. The molecule has 0 fully saturated rings. The number of fused-ring (bicyclic) bond motifs is 1. The summed E-state index contributed by atoms with van der Waals surface area (Å²) >= 11 is 0. The molecule has 0 radical (unpaired) electrons. The molecule has 4 rings (SSSR count). The van der Waals surface area contributed by atoms with Gasteiger partial charge >= 0.3 is 5.97 Å². The molecule has 1 amide bonds. The van der Waals surface area contributed by atoms with Gasteiger partial charge < -0.3 is 15.2 Å². The molecule has 1 aliphatic rings. The Balaban J connectivity index is 1.73. The summed E-state index contributed by atoms with van der Waals surface area (Å²) in [5.74, 6) is 0.105. The van der Waals surface area contributed by atoms with Crippen LogP contribution in [0.15, 0.2) is 54.7 Å². The smallest absolute Gasteiger partial charge is 0.335 e. The zero-order valence-corrected chi connectivity index (χ0v) is 14.5. The summed E-state index contributed by atoms with van der Waals surface area (Å²) in [6, 6.07) is 14.0. The van der Waals surface area contributed by atoms with Crippen LogP contribution in [0.3, 0.4) is 0 Å². The topological polar surface area (TPSA) is 93.5 Å². The number of benzene rings is 2. The van der Waals surface area contributed by atoms with Crippen molar-refractivity contribution in [2.24, 2.45) is 0 Å². The first-order valence-corrected chi connectivity index (χ1v) is 8.42. The van der Waals surface area contributed by atoms with Crippen molar-refractivity contribution >= 4 is 17.7 Å². The summed E-state index contributed by atoms with van der Waals surface area (Å²) in [5, 5.41) is 16.4. The number of aromatic nitrogens is 2. The van der Waals surface area contributed by atoms with Gasteiger partial charge in [0.05, 0.1) is 24.6 Å². The Morgan fingerprint density at radius 2 is 1.89 bits per heavy atom. The van der Waals surface area contributed by atoms with Crippen molar-refractivity contribution in [2.75, 3.05) is 12.4 Å². The summed E-state index contributed by atoms with van der Waals surface area (Å²) < 4.78 is 6.86. The average molecular weight is 363 g/mol. The van der Waals surface area contributed by atoms with Crippen molar-refractivity contribution in [1.29, 1.82) is 0 Å². The predicted octanol–water partition coefficient (Wildman–Crippen LogP) is 3.05. The number of carbonyl (C=O) groups excluding carboxylic acids is 1. The van der Waals surface area contributed by atoms with Gasteiger partial charge in [-0.3, -0.25) is 4.79 Å². The SMILES string of the molecule is COc1ccc(-n2ncc3c2NC(=O)CC3c2ccc(C(=O)O)cc2)cc1. The first kappa shape index (κ1) is 16.8. The molecule has 0 spiro atoms. The van der Waals surface area contributed by atoms with Crippen LogP contribution in [0.25, 0.3) is 5.69 Å². The molecule has 2 aromatic carbocycles. The van der Waals surface area contributed by atoms with Gasteiger partial charge in [-0.05, 0) is 42.0 Å². The molecule has 1 aliphatic heterocycles. The van der Waals surface area contributed by atoms with Crippen LogP contribution in [0.5, 0.6) is 5.75 Å². The standard InChI is InChI=1S/C20H17N3O4/c1-27-15-8-6-14(7-9-15)23-19-17(11-21-23)16(10-18(24)22-19)12-2-4-13(5-3-12)20(25)26/h2-9,11,16H,10H2,1H3,(H,22,24)(H,25,26). The third-order valence-electron chi connectivity index (χ3n) is 4.70. The number of carboxylic acid groups (broad SMARTS) is 1. The molecule has 7 heteroatoms. The van der Waals surface area contributed by atoms with Gasteiger partial charge in [0.15, 0.2) is 0 Å². The maximum absolute atomic E-state index is 12.3. The summed E-state index contributed by atoms with van der Waals surface area (Å²) in [7, 11) is 1.60. The van der Waals surface area contributed by atoms with Gasteiger partial charge in [0.1, 0.15) is 11.6 Å². The molecule has 2 N–H and O–H groups in total. The van der Waals surface area contributed by atoms with Crippen LogP contribution in [0, 0.1) is 0 Å². The van der Waals surface area contributed by atoms with Crippen molar-refractivity contribution in [2.45, 2.75) is 12.3 Å². The summed E-state index contributed by atoms with van der Waals surface area (Å²) in [6.07, 6.45) is 2.03. The van der Waals surface area contributed by atoms with Gasteiger partial charge in [-0.15, -0.1) is 0 Å². The first-order valence-electron chi connectivity index (χ1n) is 8.42. The summed E-state index contributed by atoms with van der Waals surface area (Å²) in [4.78, 5) is 23.4. The number of aromatic carboxylic acids is 1. The normalized spacial score (nSPS) is 15.7. The largest absolute Gasteiger partial charge is 0.497 e.